The van der Waals surface area contributed by atoms with E-state index in [1.807, 2.05) is 12.3 Å². The first-order valence-corrected chi connectivity index (χ1v) is 7.19. The van der Waals surface area contributed by atoms with Crippen LogP contribution in [0.1, 0.15) is 19.0 Å². The quantitative estimate of drug-likeness (QED) is 0.629. The Morgan fingerprint density at radius 1 is 1.20 bits per heavy atom. The molecule has 0 atom stereocenters. The van der Waals surface area contributed by atoms with Crippen molar-refractivity contribution in [3.8, 4) is 0 Å². The molecule has 1 heterocycles. The molecule has 114 valence electrons. The summed E-state index contributed by atoms with van der Waals surface area (Å²) in [7, 11) is 3.47. The second-order valence-corrected chi connectivity index (χ2v) is 4.68. The van der Waals surface area contributed by atoms with Crippen molar-refractivity contribution in [2.24, 2.45) is 0 Å². The van der Waals surface area contributed by atoms with Crippen LogP contribution in [-0.4, -0.2) is 57.0 Å². The van der Waals surface area contributed by atoms with Gasteiger partial charge < -0.3 is 14.8 Å². The fourth-order valence-corrected chi connectivity index (χ4v) is 2.03. The number of ether oxygens (including phenoxy) is 2. The van der Waals surface area contributed by atoms with Gasteiger partial charge in [-0.15, -0.1) is 0 Å². The number of pyridine rings is 1. The highest BCUT2D eigenvalue weighted by atomic mass is 16.5. The van der Waals surface area contributed by atoms with Crippen molar-refractivity contribution in [1.82, 2.24) is 9.88 Å². The van der Waals surface area contributed by atoms with E-state index < -0.39 is 0 Å². The Labute approximate surface area is 122 Å². The molecule has 0 saturated heterocycles. The fraction of sp³-hybridized carbons (Fsp3) is 0.667. The Bertz CT molecular complexity index is 361. The van der Waals surface area contributed by atoms with E-state index in [1.165, 1.54) is 0 Å². The Kier molecular flexibility index (Phi) is 8.95. The van der Waals surface area contributed by atoms with Gasteiger partial charge in [0.2, 0.25) is 0 Å². The summed E-state index contributed by atoms with van der Waals surface area (Å²) in [6.07, 6.45) is 2.88. The van der Waals surface area contributed by atoms with E-state index in [1.54, 1.807) is 14.2 Å². The molecule has 1 rings (SSSR count). The number of rotatable bonds is 11. The van der Waals surface area contributed by atoms with Gasteiger partial charge in [0.05, 0.1) is 12.3 Å². The van der Waals surface area contributed by atoms with Crippen molar-refractivity contribution in [3.63, 3.8) is 0 Å². The Morgan fingerprint density at radius 2 is 2.00 bits per heavy atom. The molecule has 0 radical (unpaired) electrons. The maximum Gasteiger partial charge on any atom is 0.0589 e. The average molecular weight is 281 g/mol. The maximum absolute atomic E-state index is 5.17. The largest absolute Gasteiger partial charge is 0.385 e. The summed E-state index contributed by atoms with van der Waals surface area (Å²) in [5.41, 5.74) is 2.21. The molecule has 0 aromatic carbocycles. The molecule has 1 aromatic rings. The number of nitrogens with zero attached hydrogens (tertiary/aromatic N) is 2. The van der Waals surface area contributed by atoms with E-state index in [4.69, 9.17) is 9.47 Å². The normalized spacial score (nSPS) is 11.0. The minimum absolute atomic E-state index is 0.736. The number of hydrogen-bond donors (Lipinski definition) is 1. The zero-order chi connectivity index (χ0) is 14.6. The molecule has 20 heavy (non-hydrogen) atoms. The minimum Gasteiger partial charge on any atom is -0.385 e. The number of nitrogens with one attached hydrogen (secondary N) is 1. The van der Waals surface area contributed by atoms with E-state index in [2.05, 4.69) is 28.2 Å². The van der Waals surface area contributed by atoms with Crippen LogP contribution < -0.4 is 5.32 Å². The molecule has 0 aliphatic rings. The van der Waals surface area contributed by atoms with Gasteiger partial charge in [-0.2, -0.15) is 0 Å². The smallest absolute Gasteiger partial charge is 0.0589 e. The van der Waals surface area contributed by atoms with Crippen LogP contribution >= 0.6 is 0 Å². The van der Waals surface area contributed by atoms with Gasteiger partial charge in [0, 0.05) is 58.9 Å². The Hall–Kier alpha value is -1.17. The van der Waals surface area contributed by atoms with Crippen molar-refractivity contribution < 1.29 is 9.47 Å². The standard InChI is InChI=1S/C15H27N3O2/c1-4-16-14-6-7-17-15(12-14)13-18(9-11-20-3)8-5-10-19-2/h6-7,12H,4-5,8-11,13H2,1-3H3,(H,16,17). The zero-order valence-corrected chi connectivity index (χ0v) is 12.9. The van der Waals surface area contributed by atoms with Gasteiger partial charge in [0.15, 0.2) is 0 Å². The number of hydrogen-bond acceptors (Lipinski definition) is 5. The molecule has 5 nitrogen and oxygen atoms in total. The minimum atomic E-state index is 0.736. The molecular weight excluding hydrogens is 254 g/mol. The number of aromatic nitrogens is 1. The predicted molar refractivity (Wildman–Crippen MR) is 82.0 cm³/mol. The molecule has 5 heteroatoms. The van der Waals surface area contributed by atoms with Gasteiger partial charge in [-0.25, -0.2) is 0 Å². The summed E-state index contributed by atoms with van der Waals surface area (Å²) in [6.45, 7) is 7.28. The second-order valence-electron chi connectivity index (χ2n) is 4.68. The van der Waals surface area contributed by atoms with Gasteiger partial charge in [0.1, 0.15) is 0 Å². The summed E-state index contributed by atoms with van der Waals surface area (Å²) >= 11 is 0. The lowest BCUT2D eigenvalue weighted by atomic mass is 10.2. The average Bonchev–Trinajstić information content (AvgIpc) is 2.45. The summed E-state index contributed by atoms with van der Waals surface area (Å²) in [5.74, 6) is 0. The van der Waals surface area contributed by atoms with Gasteiger partial charge in [-0.3, -0.25) is 9.88 Å². The second kappa shape index (κ2) is 10.6. The van der Waals surface area contributed by atoms with Crippen molar-refractivity contribution in [2.45, 2.75) is 19.9 Å². The van der Waals surface area contributed by atoms with Gasteiger partial charge in [-0.1, -0.05) is 0 Å². The van der Waals surface area contributed by atoms with Crippen molar-refractivity contribution in [2.75, 3.05) is 52.4 Å². The molecular formula is C15H27N3O2. The third-order valence-electron chi connectivity index (χ3n) is 3.02. The first kappa shape index (κ1) is 16.9. The lowest BCUT2D eigenvalue weighted by molar-refractivity contribution is 0.128. The Morgan fingerprint density at radius 3 is 2.70 bits per heavy atom. The van der Waals surface area contributed by atoms with Crippen molar-refractivity contribution in [3.05, 3.63) is 24.0 Å². The third kappa shape index (κ3) is 6.84. The van der Waals surface area contributed by atoms with Crippen molar-refractivity contribution >= 4 is 5.69 Å². The van der Waals surface area contributed by atoms with Gasteiger partial charge in [0.25, 0.3) is 0 Å². The van der Waals surface area contributed by atoms with E-state index in [0.717, 1.165) is 57.2 Å². The number of methoxy groups -OCH3 is 2. The first-order chi connectivity index (χ1) is 9.80. The predicted octanol–water partition coefficient (Wildman–Crippen LogP) is 2.00. The van der Waals surface area contributed by atoms with Crippen LogP contribution in [0.2, 0.25) is 0 Å². The molecule has 0 saturated carbocycles. The van der Waals surface area contributed by atoms with Crippen LogP contribution in [0, 0.1) is 0 Å². The first-order valence-electron chi connectivity index (χ1n) is 7.19. The van der Waals surface area contributed by atoms with E-state index >= 15 is 0 Å². The highest BCUT2D eigenvalue weighted by Gasteiger charge is 2.07. The van der Waals surface area contributed by atoms with Crippen LogP contribution in [0.3, 0.4) is 0 Å². The molecule has 0 bridgehead atoms. The lowest BCUT2D eigenvalue weighted by Gasteiger charge is -2.21. The van der Waals surface area contributed by atoms with Crippen LogP contribution in [0.5, 0.6) is 0 Å². The molecule has 1 aromatic heterocycles. The van der Waals surface area contributed by atoms with Crippen LogP contribution in [0.25, 0.3) is 0 Å². The summed E-state index contributed by atoms with van der Waals surface area (Å²) in [5, 5.41) is 3.31. The van der Waals surface area contributed by atoms with E-state index in [0.29, 0.717) is 0 Å². The highest BCUT2D eigenvalue weighted by Crippen LogP contribution is 2.10. The summed E-state index contributed by atoms with van der Waals surface area (Å²) < 4.78 is 10.3. The monoisotopic (exact) mass is 281 g/mol. The fourth-order valence-electron chi connectivity index (χ4n) is 2.03. The van der Waals surface area contributed by atoms with Crippen LogP contribution in [-0.2, 0) is 16.0 Å². The lowest BCUT2D eigenvalue weighted by Crippen LogP contribution is -2.29. The number of anilines is 1. The summed E-state index contributed by atoms with van der Waals surface area (Å²) in [6, 6.07) is 4.11. The van der Waals surface area contributed by atoms with Crippen molar-refractivity contribution in [1.29, 1.82) is 0 Å². The van der Waals surface area contributed by atoms with E-state index in [9.17, 15) is 0 Å². The van der Waals surface area contributed by atoms with Crippen LogP contribution in [0.4, 0.5) is 5.69 Å². The molecule has 0 aliphatic carbocycles. The molecule has 0 unspecified atom stereocenters. The van der Waals surface area contributed by atoms with E-state index in [-0.39, 0.29) is 0 Å². The highest BCUT2D eigenvalue weighted by molar-refractivity contribution is 5.42. The molecule has 1 N–H and O–H groups in total. The molecule has 0 spiro atoms. The molecule has 0 fully saturated rings. The van der Waals surface area contributed by atoms with Gasteiger partial charge >= 0.3 is 0 Å². The third-order valence-corrected chi connectivity index (χ3v) is 3.02. The zero-order valence-electron chi connectivity index (χ0n) is 12.9. The molecule has 0 aliphatic heterocycles. The van der Waals surface area contributed by atoms with Crippen LogP contribution in [0.15, 0.2) is 18.3 Å². The SMILES string of the molecule is CCNc1ccnc(CN(CCCOC)CCOC)c1. The van der Waals surface area contributed by atoms with Gasteiger partial charge in [-0.05, 0) is 25.5 Å². The topological polar surface area (TPSA) is 46.6 Å². The summed E-state index contributed by atoms with van der Waals surface area (Å²) in [4.78, 5) is 6.79. The molecule has 0 amide bonds. The Balaban J connectivity index is 2.55. The maximum atomic E-state index is 5.17.